The topological polar surface area (TPSA) is 98.2 Å². The zero-order valence-electron chi connectivity index (χ0n) is 10.8. The molecule has 0 saturated heterocycles. The second kappa shape index (κ2) is 5.83. The molecule has 0 fully saturated rings. The highest BCUT2D eigenvalue weighted by Gasteiger charge is 2.16. The van der Waals surface area contributed by atoms with E-state index in [2.05, 4.69) is 19.4 Å². The Bertz CT molecular complexity index is 745. The first-order chi connectivity index (χ1) is 9.92. The van der Waals surface area contributed by atoms with Crippen molar-refractivity contribution >= 4 is 21.8 Å². The summed E-state index contributed by atoms with van der Waals surface area (Å²) in [7, 11) is -2.73. The van der Waals surface area contributed by atoms with Crippen LogP contribution in [0.2, 0.25) is 0 Å². The summed E-state index contributed by atoms with van der Waals surface area (Å²) in [4.78, 5) is 18.3. The van der Waals surface area contributed by atoms with Crippen molar-refractivity contribution in [3.63, 3.8) is 0 Å². The van der Waals surface area contributed by atoms with Crippen molar-refractivity contribution in [2.75, 3.05) is 11.8 Å². The van der Waals surface area contributed by atoms with E-state index >= 15 is 0 Å². The van der Waals surface area contributed by atoms with Crippen LogP contribution >= 0.6 is 0 Å². The molecule has 0 unspecified atom stereocenters. The first-order valence-corrected chi connectivity index (χ1v) is 7.09. The van der Waals surface area contributed by atoms with Gasteiger partial charge in [0.1, 0.15) is 22.2 Å². The molecule has 0 aliphatic rings. The Morgan fingerprint density at radius 2 is 1.95 bits per heavy atom. The normalized spacial score (nSPS) is 11.0. The van der Waals surface area contributed by atoms with Crippen LogP contribution in [-0.4, -0.2) is 31.5 Å². The fourth-order valence-electron chi connectivity index (χ4n) is 1.40. The van der Waals surface area contributed by atoms with Gasteiger partial charge in [-0.1, -0.05) is 0 Å². The second-order valence-electron chi connectivity index (χ2n) is 3.84. The van der Waals surface area contributed by atoms with Crippen molar-refractivity contribution in [3.05, 3.63) is 48.2 Å². The number of anilines is 1. The minimum atomic E-state index is -3.92. The lowest BCUT2D eigenvalue weighted by molar-refractivity contribution is 0.0594. The van der Waals surface area contributed by atoms with Crippen LogP contribution in [0, 0.1) is 5.82 Å². The zero-order valence-corrected chi connectivity index (χ0v) is 11.6. The number of carbonyl (C=O) groups excluding carboxylic acids is 1. The van der Waals surface area contributed by atoms with Crippen molar-refractivity contribution in [1.82, 2.24) is 9.97 Å². The second-order valence-corrected chi connectivity index (χ2v) is 5.52. The summed E-state index contributed by atoms with van der Waals surface area (Å²) < 4.78 is 43.4. The molecule has 2 rings (SSSR count). The van der Waals surface area contributed by atoms with E-state index in [4.69, 9.17) is 0 Å². The standard InChI is InChI=1S/C12H10FN3O4S/c1-20-12(17)10-4-3-9(7-14-10)21(18,19)16-11-5-2-8(13)6-15-11/h2-7H,1H3,(H,15,16). The van der Waals surface area contributed by atoms with Crippen LogP contribution < -0.4 is 4.72 Å². The Labute approximate surface area is 119 Å². The Kier molecular flexibility index (Phi) is 4.13. The van der Waals surface area contributed by atoms with Gasteiger partial charge in [-0.25, -0.2) is 27.6 Å². The number of pyridine rings is 2. The fourth-order valence-corrected chi connectivity index (χ4v) is 2.35. The van der Waals surface area contributed by atoms with Crippen molar-refractivity contribution in [2.45, 2.75) is 4.90 Å². The van der Waals surface area contributed by atoms with E-state index < -0.39 is 21.8 Å². The number of sulfonamides is 1. The highest BCUT2D eigenvalue weighted by Crippen LogP contribution is 2.14. The summed E-state index contributed by atoms with van der Waals surface area (Å²) in [6, 6.07) is 4.68. The number of hydrogen-bond acceptors (Lipinski definition) is 6. The molecule has 2 aromatic heterocycles. The van der Waals surface area contributed by atoms with Crippen LogP contribution in [0.25, 0.3) is 0 Å². The maximum absolute atomic E-state index is 12.7. The van der Waals surface area contributed by atoms with E-state index in [-0.39, 0.29) is 16.4 Å². The van der Waals surface area contributed by atoms with Crippen molar-refractivity contribution in [1.29, 1.82) is 0 Å². The third-order valence-corrected chi connectivity index (χ3v) is 3.75. The van der Waals surface area contributed by atoms with Gasteiger partial charge in [-0.3, -0.25) is 4.72 Å². The monoisotopic (exact) mass is 311 g/mol. The van der Waals surface area contributed by atoms with Crippen LogP contribution in [0.4, 0.5) is 10.2 Å². The molecule has 0 aliphatic heterocycles. The Morgan fingerprint density at radius 1 is 1.19 bits per heavy atom. The maximum atomic E-state index is 12.7. The van der Waals surface area contributed by atoms with Crippen LogP contribution in [0.15, 0.2) is 41.6 Å². The highest BCUT2D eigenvalue weighted by atomic mass is 32.2. The summed E-state index contributed by atoms with van der Waals surface area (Å²) in [5.74, 6) is -1.29. The molecule has 0 amide bonds. The number of rotatable bonds is 4. The molecule has 0 saturated carbocycles. The minimum absolute atomic E-state index is 0.0173. The van der Waals surface area contributed by atoms with Gasteiger partial charge in [0, 0.05) is 6.20 Å². The summed E-state index contributed by atoms with van der Waals surface area (Å²) in [6.07, 6.45) is 1.90. The molecule has 0 aromatic carbocycles. The van der Waals surface area contributed by atoms with Crippen LogP contribution in [0.1, 0.15) is 10.5 Å². The average Bonchev–Trinajstić information content (AvgIpc) is 2.49. The number of aromatic nitrogens is 2. The number of methoxy groups -OCH3 is 1. The predicted molar refractivity (Wildman–Crippen MR) is 70.6 cm³/mol. The lowest BCUT2D eigenvalue weighted by atomic mass is 10.3. The molecule has 7 nitrogen and oxygen atoms in total. The number of halogens is 1. The van der Waals surface area contributed by atoms with Crippen LogP contribution in [0.3, 0.4) is 0 Å². The van der Waals surface area contributed by atoms with Gasteiger partial charge < -0.3 is 4.74 Å². The SMILES string of the molecule is COC(=O)c1ccc(S(=O)(=O)Nc2ccc(F)cn2)cn1. The summed E-state index contributed by atoms with van der Waals surface area (Å²) in [6.45, 7) is 0. The molecule has 0 spiro atoms. The van der Waals surface area contributed by atoms with E-state index in [0.29, 0.717) is 0 Å². The highest BCUT2D eigenvalue weighted by molar-refractivity contribution is 7.92. The lowest BCUT2D eigenvalue weighted by Gasteiger charge is -2.07. The third-order valence-electron chi connectivity index (χ3n) is 2.41. The molecule has 1 N–H and O–H groups in total. The largest absolute Gasteiger partial charge is 0.464 e. The first-order valence-electron chi connectivity index (χ1n) is 5.61. The number of carbonyl (C=O) groups is 1. The van der Waals surface area contributed by atoms with Crippen molar-refractivity contribution in [2.24, 2.45) is 0 Å². The van der Waals surface area contributed by atoms with Crippen LogP contribution in [0.5, 0.6) is 0 Å². The van der Waals surface area contributed by atoms with E-state index in [1.165, 1.54) is 25.3 Å². The zero-order chi connectivity index (χ0) is 15.5. The molecule has 0 aliphatic carbocycles. The fraction of sp³-hybridized carbons (Fsp3) is 0.0833. The number of nitrogens with one attached hydrogen (secondary N) is 1. The maximum Gasteiger partial charge on any atom is 0.356 e. The molecule has 2 aromatic rings. The Morgan fingerprint density at radius 3 is 2.48 bits per heavy atom. The molecular formula is C12H10FN3O4S. The Balaban J connectivity index is 2.23. The molecule has 110 valence electrons. The first kappa shape index (κ1) is 14.9. The number of nitrogens with zero attached hydrogens (tertiary/aromatic N) is 2. The summed E-state index contributed by atoms with van der Waals surface area (Å²) >= 11 is 0. The van der Waals surface area contributed by atoms with Crippen molar-refractivity contribution in [3.8, 4) is 0 Å². The van der Waals surface area contributed by atoms with Gasteiger partial charge in [0.2, 0.25) is 0 Å². The van der Waals surface area contributed by atoms with Crippen LogP contribution in [-0.2, 0) is 14.8 Å². The molecule has 21 heavy (non-hydrogen) atoms. The smallest absolute Gasteiger partial charge is 0.356 e. The molecule has 0 atom stereocenters. The number of ether oxygens (including phenoxy) is 1. The van der Waals surface area contributed by atoms with E-state index in [1.807, 2.05) is 0 Å². The third kappa shape index (κ3) is 3.51. The quantitative estimate of drug-likeness (QED) is 0.852. The van der Waals surface area contributed by atoms with Gasteiger partial charge in [0.05, 0.1) is 13.3 Å². The average molecular weight is 311 g/mol. The molecular weight excluding hydrogens is 301 g/mol. The van der Waals surface area contributed by atoms with Gasteiger partial charge in [-0.05, 0) is 24.3 Å². The van der Waals surface area contributed by atoms with Gasteiger partial charge in [-0.15, -0.1) is 0 Å². The van der Waals surface area contributed by atoms with E-state index in [0.717, 1.165) is 18.5 Å². The van der Waals surface area contributed by atoms with E-state index in [9.17, 15) is 17.6 Å². The van der Waals surface area contributed by atoms with E-state index in [1.54, 1.807) is 0 Å². The van der Waals surface area contributed by atoms with Gasteiger partial charge in [0.15, 0.2) is 0 Å². The Hall–Kier alpha value is -2.55. The molecule has 2 heterocycles. The van der Waals surface area contributed by atoms with Gasteiger partial charge in [-0.2, -0.15) is 0 Å². The summed E-state index contributed by atoms with van der Waals surface area (Å²) in [5, 5.41) is 0. The molecule has 9 heteroatoms. The summed E-state index contributed by atoms with van der Waals surface area (Å²) in [5.41, 5.74) is -0.0173. The van der Waals surface area contributed by atoms with Gasteiger partial charge >= 0.3 is 5.97 Å². The molecule has 0 bridgehead atoms. The molecule has 0 radical (unpaired) electrons. The number of esters is 1. The number of hydrogen-bond donors (Lipinski definition) is 1. The van der Waals surface area contributed by atoms with Gasteiger partial charge in [0.25, 0.3) is 10.0 Å². The minimum Gasteiger partial charge on any atom is -0.464 e. The van der Waals surface area contributed by atoms with Crippen molar-refractivity contribution < 1.29 is 22.3 Å². The lowest BCUT2D eigenvalue weighted by Crippen LogP contribution is -2.15. The predicted octanol–water partition coefficient (Wildman–Crippen LogP) is 1.20.